The number of anilines is 1. The lowest BCUT2D eigenvalue weighted by molar-refractivity contribution is -0.116. The Balaban J connectivity index is 2.21. The van der Waals surface area contributed by atoms with Crippen molar-refractivity contribution in [2.75, 3.05) is 5.32 Å². The molecule has 0 unspecified atom stereocenters. The first kappa shape index (κ1) is 21.7. The topological polar surface area (TPSA) is 110 Å². The fourth-order valence-corrected chi connectivity index (χ4v) is 2.80. The Morgan fingerprint density at radius 3 is 2.23 bits per heavy atom. The number of unbranched alkanes of at least 4 members (excludes halogenated alkanes) is 8. The number of carbonyl (C=O) groups is 2. The summed E-state index contributed by atoms with van der Waals surface area (Å²) >= 11 is 0. The zero-order valence-corrected chi connectivity index (χ0v) is 15.5. The average Bonchev–Trinajstić information content (AvgIpc) is 2.64. The molecule has 0 atom stereocenters. The molecule has 0 aliphatic rings. The van der Waals surface area contributed by atoms with E-state index in [0.29, 0.717) is 24.2 Å². The zero-order valence-electron chi connectivity index (χ0n) is 15.5. The van der Waals surface area contributed by atoms with Gasteiger partial charge in [-0.15, -0.1) is 0 Å². The molecule has 0 saturated heterocycles. The summed E-state index contributed by atoms with van der Waals surface area (Å²) in [4.78, 5) is 22.4. The molecule has 0 aliphatic carbocycles. The number of para-hydroxylation sites is 1. The van der Waals surface area contributed by atoms with Crippen LogP contribution in [0.3, 0.4) is 0 Å². The van der Waals surface area contributed by atoms with Crippen LogP contribution in [0.1, 0.15) is 69.8 Å². The van der Waals surface area contributed by atoms with Crippen LogP contribution in [0.15, 0.2) is 30.5 Å². The fraction of sp³-hybridized carbons (Fsp3) is 0.500. The number of hydrogen-bond acceptors (Lipinski definition) is 5. The highest BCUT2D eigenvalue weighted by molar-refractivity contribution is 5.93. The van der Waals surface area contributed by atoms with Gasteiger partial charge in [-0.1, -0.05) is 56.7 Å². The summed E-state index contributed by atoms with van der Waals surface area (Å²) in [5, 5.41) is 2.92. The minimum atomic E-state index is -0.000166. The van der Waals surface area contributed by atoms with Gasteiger partial charge in [-0.05, 0) is 18.9 Å². The molecule has 1 aromatic rings. The molecule has 1 amide bonds. The second-order valence-corrected chi connectivity index (χ2v) is 6.39. The largest absolute Gasteiger partial charge is 0.397 e. The van der Waals surface area contributed by atoms with E-state index < -0.39 is 0 Å². The first-order valence-electron chi connectivity index (χ1n) is 9.43. The number of carbonyl (C=O) groups excluding carboxylic acids is 2. The third-order valence-electron chi connectivity index (χ3n) is 4.23. The lowest BCUT2D eigenvalue weighted by Gasteiger charge is -2.11. The van der Waals surface area contributed by atoms with E-state index in [1.165, 1.54) is 25.5 Å². The molecule has 1 rings (SSSR count). The molecule has 0 heterocycles. The smallest absolute Gasteiger partial charge is 0.224 e. The van der Waals surface area contributed by atoms with E-state index in [1.807, 2.05) is 24.3 Å². The molecule has 0 saturated carbocycles. The van der Waals surface area contributed by atoms with Gasteiger partial charge in [0.1, 0.15) is 6.29 Å². The van der Waals surface area contributed by atoms with Crippen molar-refractivity contribution in [3.8, 4) is 0 Å². The SMILES string of the molecule is NN/C=C(\N)c1ccccc1NC(=O)CCCCCCCCCCC=O. The maximum absolute atomic E-state index is 12.1. The zero-order chi connectivity index (χ0) is 19.0. The van der Waals surface area contributed by atoms with Crippen molar-refractivity contribution >= 4 is 23.6 Å². The minimum Gasteiger partial charge on any atom is -0.397 e. The van der Waals surface area contributed by atoms with Crippen molar-refractivity contribution < 1.29 is 9.59 Å². The molecule has 6 heteroatoms. The monoisotopic (exact) mass is 360 g/mol. The van der Waals surface area contributed by atoms with Crippen LogP contribution in [0.2, 0.25) is 0 Å². The standard InChI is InChI=1S/C20H32N4O2/c21-18(16-23-22)17-12-9-10-13-19(17)24-20(26)14-8-6-4-2-1-3-5-7-11-15-25/h9-10,12-13,15-16,23H,1-8,11,14,21-22H2,(H,24,26)/b18-16-. The summed E-state index contributed by atoms with van der Waals surface area (Å²) < 4.78 is 0. The molecule has 1 aromatic carbocycles. The maximum Gasteiger partial charge on any atom is 0.224 e. The minimum absolute atomic E-state index is 0.000166. The summed E-state index contributed by atoms with van der Waals surface area (Å²) in [6.45, 7) is 0. The third kappa shape index (κ3) is 9.22. The van der Waals surface area contributed by atoms with Crippen LogP contribution in [0.5, 0.6) is 0 Å². The van der Waals surface area contributed by atoms with Gasteiger partial charge in [0, 0.05) is 24.6 Å². The van der Waals surface area contributed by atoms with Crippen molar-refractivity contribution in [1.82, 2.24) is 5.43 Å². The Labute approximate surface area is 156 Å². The van der Waals surface area contributed by atoms with Crippen LogP contribution in [0.25, 0.3) is 5.70 Å². The molecule has 0 aromatic heterocycles. The molecule has 26 heavy (non-hydrogen) atoms. The van der Waals surface area contributed by atoms with E-state index in [1.54, 1.807) is 0 Å². The molecular formula is C20H32N4O2. The van der Waals surface area contributed by atoms with Gasteiger partial charge in [-0.25, -0.2) is 0 Å². The van der Waals surface area contributed by atoms with Crippen LogP contribution in [-0.2, 0) is 9.59 Å². The highest BCUT2D eigenvalue weighted by Crippen LogP contribution is 2.20. The summed E-state index contributed by atoms with van der Waals surface area (Å²) in [5.74, 6) is 5.26. The van der Waals surface area contributed by atoms with Crippen LogP contribution in [-0.4, -0.2) is 12.2 Å². The van der Waals surface area contributed by atoms with Crippen molar-refractivity contribution in [2.24, 2.45) is 11.6 Å². The van der Waals surface area contributed by atoms with Crippen molar-refractivity contribution in [3.63, 3.8) is 0 Å². The lowest BCUT2D eigenvalue weighted by Crippen LogP contribution is -2.17. The van der Waals surface area contributed by atoms with Gasteiger partial charge in [0.25, 0.3) is 0 Å². The van der Waals surface area contributed by atoms with E-state index in [4.69, 9.17) is 11.6 Å². The van der Waals surface area contributed by atoms with E-state index in [-0.39, 0.29) is 5.91 Å². The van der Waals surface area contributed by atoms with Gasteiger partial charge in [-0.2, -0.15) is 0 Å². The number of nitrogens with one attached hydrogen (secondary N) is 2. The highest BCUT2D eigenvalue weighted by atomic mass is 16.1. The van der Waals surface area contributed by atoms with Crippen LogP contribution in [0.4, 0.5) is 5.69 Å². The Morgan fingerprint density at radius 2 is 1.58 bits per heavy atom. The summed E-state index contributed by atoms with van der Waals surface area (Å²) in [7, 11) is 0. The molecule has 6 nitrogen and oxygen atoms in total. The number of nitrogens with two attached hydrogens (primary N) is 2. The Morgan fingerprint density at radius 1 is 0.962 bits per heavy atom. The second kappa shape index (κ2) is 13.9. The molecule has 0 bridgehead atoms. The number of benzene rings is 1. The van der Waals surface area contributed by atoms with Crippen molar-refractivity contribution in [1.29, 1.82) is 0 Å². The van der Waals surface area contributed by atoms with E-state index >= 15 is 0 Å². The molecule has 144 valence electrons. The predicted molar refractivity (Wildman–Crippen MR) is 107 cm³/mol. The van der Waals surface area contributed by atoms with Gasteiger partial charge in [0.05, 0.1) is 11.4 Å². The van der Waals surface area contributed by atoms with Crippen LogP contribution >= 0.6 is 0 Å². The second-order valence-electron chi connectivity index (χ2n) is 6.39. The summed E-state index contributed by atoms with van der Waals surface area (Å²) in [6.07, 6.45) is 12.5. The highest BCUT2D eigenvalue weighted by Gasteiger charge is 2.08. The van der Waals surface area contributed by atoms with E-state index in [9.17, 15) is 9.59 Å². The van der Waals surface area contributed by atoms with Gasteiger partial charge in [-0.3, -0.25) is 10.6 Å². The fourth-order valence-electron chi connectivity index (χ4n) is 2.80. The molecule has 0 aliphatic heterocycles. The predicted octanol–water partition coefficient (Wildman–Crippen LogP) is 3.45. The number of aldehydes is 1. The first-order valence-corrected chi connectivity index (χ1v) is 9.43. The molecule has 0 radical (unpaired) electrons. The van der Waals surface area contributed by atoms with E-state index in [2.05, 4.69) is 10.7 Å². The van der Waals surface area contributed by atoms with Crippen molar-refractivity contribution in [3.05, 3.63) is 36.0 Å². The Bertz CT molecular complexity index is 573. The molecule has 0 fully saturated rings. The van der Waals surface area contributed by atoms with Gasteiger partial charge in [0.2, 0.25) is 5.91 Å². The first-order chi connectivity index (χ1) is 12.7. The van der Waals surface area contributed by atoms with E-state index in [0.717, 1.165) is 44.0 Å². The van der Waals surface area contributed by atoms with Crippen LogP contribution < -0.4 is 22.3 Å². The summed E-state index contributed by atoms with van der Waals surface area (Å²) in [6, 6.07) is 7.39. The van der Waals surface area contributed by atoms with Gasteiger partial charge >= 0.3 is 0 Å². The van der Waals surface area contributed by atoms with Gasteiger partial charge in [0.15, 0.2) is 0 Å². The number of hydrazine groups is 1. The molecular weight excluding hydrogens is 328 g/mol. The maximum atomic E-state index is 12.1. The Hall–Kier alpha value is -2.34. The van der Waals surface area contributed by atoms with Crippen molar-refractivity contribution in [2.45, 2.75) is 64.2 Å². The molecule has 0 spiro atoms. The lowest BCUT2D eigenvalue weighted by atomic mass is 10.1. The number of rotatable bonds is 14. The number of amides is 1. The summed E-state index contributed by atoms with van der Waals surface area (Å²) in [5.41, 5.74) is 10.2. The quantitative estimate of drug-likeness (QED) is 0.176. The average molecular weight is 361 g/mol. The number of hydrogen-bond donors (Lipinski definition) is 4. The molecule has 6 N–H and O–H groups in total. The Kier molecular flexibility index (Phi) is 11.6. The third-order valence-corrected chi connectivity index (χ3v) is 4.23. The van der Waals surface area contributed by atoms with Crippen LogP contribution in [0, 0.1) is 0 Å². The normalized spacial score (nSPS) is 11.2. The van der Waals surface area contributed by atoms with Gasteiger partial charge < -0.3 is 21.3 Å².